The minimum Gasteiger partial charge on any atom is -0.370 e. The van der Waals surface area contributed by atoms with Gasteiger partial charge in [-0.2, -0.15) is 13.2 Å². The van der Waals surface area contributed by atoms with Crippen molar-refractivity contribution in [1.29, 1.82) is 0 Å². The van der Waals surface area contributed by atoms with Crippen LogP contribution in [0.15, 0.2) is 54.6 Å². The highest BCUT2D eigenvalue weighted by molar-refractivity contribution is 6.30. The number of piperazine rings is 1. The summed E-state index contributed by atoms with van der Waals surface area (Å²) in [4.78, 5) is 16.0. The number of ether oxygens (including phenoxy) is 1. The lowest BCUT2D eigenvalue weighted by atomic mass is 9.96. The number of amides is 1. The van der Waals surface area contributed by atoms with Crippen LogP contribution in [-0.2, 0) is 9.53 Å². The lowest BCUT2D eigenvalue weighted by Crippen LogP contribution is -2.48. The molecule has 0 aromatic heterocycles. The van der Waals surface area contributed by atoms with Crippen molar-refractivity contribution in [3.8, 4) is 0 Å². The summed E-state index contributed by atoms with van der Waals surface area (Å²) < 4.78 is 41.5. The molecule has 1 amide bonds. The van der Waals surface area contributed by atoms with E-state index in [0.29, 0.717) is 18.2 Å². The predicted molar refractivity (Wildman–Crippen MR) is 118 cm³/mol. The van der Waals surface area contributed by atoms with E-state index >= 15 is 0 Å². The molecule has 1 aliphatic heterocycles. The van der Waals surface area contributed by atoms with Crippen LogP contribution < -0.4 is 5.32 Å². The van der Waals surface area contributed by atoms with E-state index in [1.807, 2.05) is 30.3 Å². The fourth-order valence-corrected chi connectivity index (χ4v) is 3.87. The summed E-state index contributed by atoms with van der Waals surface area (Å²) in [6.07, 6.45) is -4.42. The van der Waals surface area contributed by atoms with Gasteiger partial charge in [0.2, 0.25) is 5.91 Å². The molecule has 0 radical (unpaired) electrons. The zero-order chi connectivity index (χ0) is 23.0. The molecule has 1 N–H and O–H groups in total. The lowest BCUT2D eigenvalue weighted by Gasteiger charge is -2.39. The molecule has 5 nitrogen and oxygen atoms in total. The minimum atomic E-state index is -4.42. The first-order chi connectivity index (χ1) is 15.3. The van der Waals surface area contributed by atoms with E-state index in [1.54, 1.807) is 5.32 Å². The number of hydrogen-bond donors (Lipinski definition) is 1. The smallest absolute Gasteiger partial charge is 0.370 e. The van der Waals surface area contributed by atoms with Crippen LogP contribution >= 0.6 is 11.6 Å². The molecule has 0 unspecified atom stereocenters. The third kappa shape index (κ3) is 7.78. The molecule has 0 aliphatic carbocycles. The van der Waals surface area contributed by atoms with E-state index in [2.05, 4.69) is 34.1 Å². The van der Waals surface area contributed by atoms with Crippen LogP contribution in [0, 0.1) is 0 Å². The molecule has 2 aromatic rings. The van der Waals surface area contributed by atoms with Gasteiger partial charge >= 0.3 is 6.18 Å². The Balaban J connectivity index is 1.47. The van der Waals surface area contributed by atoms with Gasteiger partial charge in [-0.05, 0) is 23.3 Å². The second-order valence-electron chi connectivity index (χ2n) is 7.69. The molecule has 1 heterocycles. The van der Waals surface area contributed by atoms with Gasteiger partial charge in [-0.3, -0.25) is 14.6 Å². The van der Waals surface area contributed by atoms with E-state index in [4.69, 9.17) is 16.3 Å². The Morgan fingerprint density at radius 3 is 2.25 bits per heavy atom. The summed E-state index contributed by atoms with van der Waals surface area (Å²) in [5.74, 6) is -0.763. The Bertz CT molecular complexity index is 842. The van der Waals surface area contributed by atoms with Crippen LogP contribution in [0.5, 0.6) is 0 Å². The van der Waals surface area contributed by atoms with E-state index < -0.39 is 18.6 Å². The van der Waals surface area contributed by atoms with Crippen LogP contribution in [0.25, 0.3) is 0 Å². The van der Waals surface area contributed by atoms with Crippen molar-refractivity contribution in [3.05, 3.63) is 70.7 Å². The number of halogens is 4. The van der Waals surface area contributed by atoms with Gasteiger partial charge in [0.1, 0.15) is 13.2 Å². The summed E-state index contributed by atoms with van der Waals surface area (Å²) in [5, 5.41) is 2.50. The summed E-state index contributed by atoms with van der Waals surface area (Å²) in [6.45, 7) is 2.58. The maximum Gasteiger partial charge on any atom is 0.405 e. The first-order valence-electron chi connectivity index (χ1n) is 10.5. The number of benzene rings is 2. The van der Waals surface area contributed by atoms with Crippen LogP contribution in [0.2, 0.25) is 5.02 Å². The van der Waals surface area contributed by atoms with Gasteiger partial charge in [0.15, 0.2) is 0 Å². The normalized spacial score (nSPS) is 16.6. The van der Waals surface area contributed by atoms with Gasteiger partial charge in [-0.15, -0.1) is 0 Å². The highest BCUT2D eigenvalue weighted by Crippen LogP contribution is 2.30. The third-order valence-corrected chi connectivity index (χ3v) is 5.60. The Morgan fingerprint density at radius 2 is 1.62 bits per heavy atom. The zero-order valence-corrected chi connectivity index (χ0v) is 18.4. The maximum absolute atomic E-state index is 12.1. The van der Waals surface area contributed by atoms with Gasteiger partial charge in [0.05, 0.1) is 12.6 Å². The van der Waals surface area contributed by atoms with Crippen molar-refractivity contribution in [1.82, 2.24) is 15.1 Å². The number of carbonyl (C=O) groups excluding carboxylic acids is 1. The number of nitrogens with one attached hydrogen (secondary N) is 1. The van der Waals surface area contributed by atoms with E-state index in [9.17, 15) is 18.0 Å². The van der Waals surface area contributed by atoms with E-state index in [1.165, 1.54) is 11.1 Å². The number of alkyl halides is 3. The van der Waals surface area contributed by atoms with Gasteiger partial charge < -0.3 is 10.1 Å². The van der Waals surface area contributed by atoms with E-state index in [0.717, 1.165) is 26.2 Å². The number of carbonyl (C=O) groups is 1. The molecule has 174 valence electrons. The lowest BCUT2D eigenvalue weighted by molar-refractivity contribution is -0.141. The quantitative estimate of drug-likeness (QED) is 0.568. The molecule has 1 aliphatic rings. The summed E-state index contributed by atoms with van der Waals surface area (Å²) >= 11 is 6.08. The third-order valence-electron chi connectivity index (χ3n) is 5.34. The Hall–Kier alpha value is -2.13. The Labute approximate surface area is 191 Å². The Morgan fingerprint density at radius 1 is 1.00 bits per heavy atom. The molecule has 2 aromatic carbocycles. The highest BCUT2D eigenvalue weighted by atomic mass is 35.5. The standard InChI is InChI=1S/C23H27ClF3N3O2/c24-20-8-6-19(7-9-20)22(18-4-2-1-3-5-18)30-12-10-29(11-13-30)14-15-32-16-21(31)28-17-23(25,26)27/h1-9,22H,10-17H2,(H,28,31)/t22-/m1/s1. The number of hydrogen-bond acceptors (Lipinski definition) is 4. The maximum atomic E-state index is 12.1. The molecule has 1 fully saturated rings. The van der Waals surface area contributed by atoms with Crippen LogP contribution in [-0.4, -0.2) is 74.4 Å². The molecule has 0 spiro atoms. The molecule has 1 saturated heterocycles. The SMILES string of the molecule is O=C(COCCN1CCN([C@H](c2ccccc2)c2ccc(Cl)cc2)CC1)NCC(F)(F)F. The van der Waals surface area contributed by atoms with Crippen molar-refractivity contribution in [2.45, 2.75) is 12.2 Å². The topological polar surface area (TPSA) is 44.8 Å². The van der Waals surface area contributed by atoms with Crippen molar-refractivity contribution in [2.24, 2.45) is 0 Å². The molecule has 3 rings (SSSR count). The van der Waals surface area contributed by atoms with Crippen LogP contribution in [0.3, 0.4) is 0 Å². The predicted octanol–water partition coefficient (Wildman–Crippen LogP) is 3.74. The molecule has 0 saturated carbocycles. The highest BCUT2D eigenvalue weighted by Gasteiger charge is 2.28. The molecule has 9 heteroatoms. The molecule has 0 bridgehead atoms. The fraction of sp³-hybridized carbons (Fsp3) is 0.435. The summed E-state index contributed by atoms with van der Waals surface area (Å²) in [6, 6.07) is 18.4. The van der Waals surface area contributed by atoms with Gasteiger partial charge in [-0.1, -0.05) is 54.1 Å². The molecule has 1 atom stereocenters. The second-order valence-corrected chi connectivity index (χ2v) is 8.12. The minimum absolute atomic E-state index is 0.129. The summed E-state index contributed by atoms with van der Waals surface area (Å²) in [7, 11) is 0. The molecule has 32 heavy (non-hydrogen) atoms. The number of nitrogens with zero attached hydrogens (tertiary/aromatic N) is 2. The monoisotopic (exact) mass is 469 g/mol. The van der Waals surface area contributed by atoms with Crippen molar-refractivity contribution in [2.75, 3.05) is 52.5 Å². The van der Waals surface area contributed by atoms with Gasteiger partial charge in [0, 0.05) is 37.7 Å². The van der Waals surface area contributed by atoms with Crippen molar-refractivity contribution in [3.63, 3.8) is 0 Å². The average molecular weight is 470 g/mol. The van der Waals surface area contributed by atoms with Crippen LogP contribution in [0.4, 0.5) is 13.2 Å². The van der Waals surface area contributed by atoms with Gasteiger partial charge in [-0.25, -0.2) is 0 Å². The first kappa shape index (κ1) is 24.5. The second kappa shape index (κ2) is 11.7. The van der Waals surface area contributed by atoms with Crippen molar-refractivity contribution < 1.29 is 22.7 Å². The number of rotatable bonds is 9. The zero-order valence-electron chi connectivity index (χ0n) is 17.7. The summed E-state index contributed by atoms with van der Waals surface area (Å²) in [5.41, 5.74) is 2.40. The molecular formula is C23H27ClF3N3O2. The van der Waals surface area contributed by atoms with Crippen LogP contribution in [0.1, 0.15) is 17.2 Å². The fourth-order valence-electron chi connectivity index (χ4n) is 3.75. The Kier molecular flexibility index (Phi) is 8.92. The molecular weight excluding hydrogens is 443 g/mol. The largest absolute Gasteiger partial charge is 0.405 e. The van der Waals surface area contributed by atoms with Crippen molar-refractivity contribution >= 4 is 17.5 Å². The average Bonchev–Trinajstić information content (AvgIpc) is 2.78. The van der Waals surface area contributed by atoms with E-state index in [-0.39, 0.29) is 12.6 Å². The van der Waals surface area contributed by atoms with Gasteiger partial charge in [0.25, 0.3) is 0 Å². The first-order valence-corrected chi connectivity index (χ1v) is 10.9.